The largest absolute Gasteiger partial charge is 0.378 e. The van der Waals surface area contributed by atoms with Crippen molar-refractivity contribution in [2.24, 2.45) is 0 Å². The predicted octanol–water partition coefficient (Wildman–Crippen LogP) is 10.9. The van der Waals surface area contributed by atoms with E-state index in [1.54, 1.807) is 46.2 Å². The molecule has 6 aromatic rings. The average molecular weight is 725 g/mol. The number of anilines is 2. The van der Waals surface area contributed by atoms with E-state index in [1.165, 1.54) is 44.8 Å². The van der Waals surface area contributed by atoms with E-state index >= 15 is 0 Å². The fourth-order valence-electron chi connectivity index (χ4n) is 5.25. The molecule has 0 amide bonds. The van der Waals surface area contributed by atoms with Gasteiger partial charge in [-0.05, 0) is 59.6 Å². The lowest BCUT2D eigenvalue weighted by Crippen LogP contribution is -2.05. The van der Waals surface area contributed by atoms with Gasteiger partial charge >= 0.3 is 0 Å². The Hall–Kier alpha value is -3.70. The number of benzene rings is 4. The van der Waals surface area contributed by atoms with E-state index in [2.05, 4.69) is 144 Å². The molecule has 10 heteroatoms. The molecule has 0 fully saturated rings. The quantitative estimate of drug-likeness (QED) is 0.101. The summed E-state index contributed by atoms with van der Waals surface area (Å²) >= 11 is 6.84. The maximum Gasteiger partial charge on any atom is 0.174 e. The van der Waals surface area contributed by atoms with E-state index in [9.17, 15) is 0 Å². The molecule has 0 atom stereocenters. The Balaban J connectivity index is 0.000000191. The van der Waals surface area contributed by atoms with Crippen LogP contribution in [0.3, 0.4) is 0 Å². The Labute approximate surface area is 307 Å². The minimum absolute atomic E-state index is 0.724. The van der Waals surface area contributed by atoms with Crippen LogP contribution in [0.4, 0.5) is 11.4 Å². The summed E-state index contributed by atoms with van der Waals surface area (Å²) in [6, 6.07) is 33.9. The molecule has 0 aliphatic rings. The molecule has 0 spiro atoms. The number of aromatic nitrogens is 4. The molecule has 2 aromatic heterocycles. The highest BCUT2D eigenvalue weighted by molar-refractivity contribution is 8.00. The molecule has 6 rings (SSSR count). The van der Waals surface area contributed by atoms with Gasteiger partial charge in [0.25, 0.3) is 0 Å². The van der Waals surface area contributed by atoms with Gasteiger partial charge in [0.1, 0.15) is 10.0 Å². The standard InChI is InChI=1S/C20H23N3S2.C19H21N3S2/c1-3-16-11-8-12-17(4-2)19(16)21-13-18-22-23-20(25-18)24-14-15-9-6-5-7-10-15;1-3-16-11-7-8-14(2)18(16)20-12-17-21-22-19(24-17)23-13-15-9-5-4-6-10-15/h5-12,21H,3-4,13-14H2,1-2H3;4-11,20H,3,12-13H2,1-2H3. The first kappa shape index (κ1) is 36.6. The van der Waals surface area contributed by atoms with Crippen molar-refractivity contribution < 1.29 is 0 Å². The van der Waals surface area contributed by atoms with E-state index in [-0.39, 0.29) is 0 Å². The molecule has 49 heavy (non-hydrogen) atoms. The maximum atomic E-state index is 4.34. The van der Waals surface area contributed by atoms with Gasteiger partial charge in [0.05, 0.1) is 13.1 Å². The molecule has 0 aliphatic carbocycles. The first-order valence-corrected chi connectivity index (χ1v) is 20.3. The summed E-state index contributed by atoms with van der Waals surface area (Å²) < 4.78 is 2.05. The molecule has 254 valence electrons. The summed E-state index contributed by atoms with van der Waals surface area (Å²) in [6.45, 7) is 10.2. The molecule has 0 bridgehead atoms. The third kappa shape index (κ3) is 11.2. The summed E-state index contributed by atoms with van der Waals surface area (Å²) in [5.41, 5.74) is 10.5. The van der Waals surface area contributed by atoms with Gasteiger partial charge in [0, 0.05) is 22.9 Å². The van der Waals surface area contributed by atoms with Crippen LogP contribution in [0, 0.1) is 6.92 Å². The monoisotopic (exact) mass is 724 g/mol. The van der Waals surface area contributed by atoms with E-state index in [0.717, 1.165) is 62.6 Å². The van der Waals surface area contributed by atoms with Crippen LogP contribution < -0.4 is 10.6 Å². The molecule has 0 saturated heterocycles. The third-order valence-electron chi connectivity index (χ3n) is 7.88. The van der Waals surface area contributed by atoms with Crippen LogP contribution in [-0.4, -0.2) is 20.4 Å². The number of nitrogens with one attached hydrogen (secondary N) is 2. The molecule has 2 heterocycles. The zero-order valence-electron chi connectivity index (χ0n) is 28.6. The number of para-hydroxylation sites is 2. The van der Waals surface area contributed by atoms with Crippen LogP contribution in [0.25, 0.3) is 0 Å². The van der Waals surface area contributed by atoms with Crippen LogP contribution in [0.1, 0.15) is 64.2 Å². The second kappa shape index (κ2) is 19.5. The van der Waals surface area contributed by atoms with Gasteiger partial charge in [-0.2, -0.15) is 0 Å². The minimum Gasteiger partial charge on any atom is -0.378 e. The van der Waals surface area contributed by atoms with Gasteiger partial charge in [-0.15, -0.1) is 20.4 Å². The van der Waals surface area contributed by atoms with Gasteiger partial charge in [-0.1, -0.05) is 164 Å². The van der Waals surface area contributed by atoms with Gasteiger partial charge in [0.15, 0.2) is 8.68 Å². The Morgan fingerprint density at radius 2 is 0.939 bits per heavy atom. The molecule has 0 unspecified atom stereocenters. The van der Waals surface area contributed by atoms with Crippen molar-refractivity contribution in [1.82, 2.24) is 20.4 Å². The number of aryl methyl sites for hydroxylation is 4. The van der Waals surface area contributed by atoms with Crippen LogP contribution in [-0.2, 0) is 43.9 Å². The molecule has 0 radical (unpaired) electrons. The normalized spacial score (nSPS) is 10.8. The van der Waals surface area contributed by atoms with Crippen molar-refractivity contribution in [1.29, 1.82) is 0 Å². The molecule has 6 nitrogen and oxygen atoms in total. The van der Waals surface area contributed by atoms with Crippen LogP contribution in [0.15, 0.2) is 106 Å². The molecular weight excluding hydrogens is 681 g/mol. The van der Waals surface area contributed by atoms with E-state index < -0.39 is 0 Å². The predicted molar refractivity (Wildman–Crippen MR) is 212 cm³/mol. The fourth-order valence-corrected chi connectivity index (χ4v) is 8.83. The lowest BCUT2D eigenvalue weighted by atomic mass is 10.0. The molecule has 0 aliphatic heterocycles. The fraction of sp³-hybridized carbons (Fsp3) is 0.282. The Morgan fingerprint density at radius 3 is 1.41 bits per heavy atom. The van der Waals surface area contributed by atoms with Crippen molar-refractivity contribution in [3.8, 4) is 0 Å². The van der Waals surface area contributed by atoms with Crippen molar-refractivity contribution in [2.45, 2.75) is 80.2 Å². The summed E-state index contributed by atoms with van der Waals surface area (Å²) in [6.07, 6.45) is 3.09. The highest BCUT2D eigenvalue weighted by Gasteiger charge is 2.10. The maximum absolute atomic E-state index is 4.34. The number of hydrogen-bond acceptors (Lipinski definition) is 10. The van der Waals surface area contributed by atoms with E-state index in [1.807, 2.05) is 12.1 Å². The van der Waals surface area contributed by atoms with Gasteiger partial charge in [0.2, 0.25) is 0 Å². The Kier molecular flexibility index (Phi) is 14.5. The summed E-state index contributed by atoms with van der Waals surface area (Å²) in [4.78, 5) is 0. The number of nitrogens with zero attached hydrogens (tertiary/aromatic N) is 4. The second-order valence-electron chi connectivity index (χ2n) is 11.3. The summed E-state index contributed by atoms with van der Waals surface area (Å²) in [5, 5.41) is 26.4. The number of thioether (sulfide) groups is 2. The number of hydrogen-bond donors (Lipinski definition) is 2. The van der Waals surface area contributed by atoms with Crippen LogP contribution >= 0.6 is 46.2 Å². The minimum atomic E-state index is 0.724. The topological polar surface area (TPSA) is 75.6 Å². The smallest absolute Gasteiger partial charge is 0.174 e. The van der Waals surface area contributed by atoms with Crippen LogP contribution in [0.2, 0.25) is 0 Å². The van der Waals surface area contributed by atoms with Gasteiger partial charge in [-0.3, -0.25) is 0 Å². The van der Waals surface area contributed by atoms with E-state index in [4.69, 9.17) is 0 Å². The van der Waals surface area contributed by atoms with Crippen molar-refractivity contribution >= 4 is 57.6 Å². The molecular formula is C39H44N6S4. The third-order valence-corrected chi connectivity index (χ3v) is 12.1. The van der Waals surface area contributed by atoms with Gasteiger partial charge in [-0.25, -0.2) is 0 Å². The lowest BCUT2D eigenvalue weighted by Gasteiger charge is -2.14. The SMILES string of the molecule is CCc1cccc(C)c1NCc1nnc(SCc2ccccc2)s1.CCc1cccc(CC)c1NCc1nnc(SCc2ccccc2)s1. The average Bonchev–Trinajstić information content (AvgIpc) is 3.82. The zero-order valence-corrected chi connectivity index (χ0v) is 31.9. The van der Waals surface area contributed by atoms with Crippen molar-refractivity contribution in [3.05, 3.63) is 140 Å². The highest BCUT2D eigenvalue weighted by atomic mass is 32.2. The molecule has 0 saturated carbocycles. The van der Waals surface area contributed by atoms with E-state index in [0.29, 0.717) is 0 Å². The second-order valence-corrected chi connectivity index (χ2v) is 15.9. The Morgan fingerprint density at radius 1 is 0.510 bits per heavy atom. The summed E-state index contributed by atoms with van der Waals surface area (Å²) in [5.74, 6) is 1.86. The van der Waals surface area contributed by atoms with Crippen LogP contribution in [0.5, 0.6) is 0 Å². The molecule has 4 aromatic carbocycles. The number of rotatable bonds is 15. The van der Waals surface area contributed by atoms with Gasteiger partial charge < -0.3 is 10.6 Å². The highest BCUT2D eigenvalue weighted by Crippen LogP contribution is 2.29. The molecule has 2 N–H and O–H groups in total. The first-order chi connectivity index (χ1) is 24.1. The van der Waals surface area contributed by atoms with Crippen molar-refractivity contribution in [2.75, 3.05) is 10.6 Å². The lowest BCUT2D eigenvalue weighted by molar-refractivity contribution is 0.942. The first-order valence-electron chi connectivity index (χ1n) is 16.7. The zero-order chi connectivity index (χ0) is 34.3. The Bertz CT molecular complexity index is 1830. The van der Waals surface area contributed by atoms with Crippen molar-refractivity contribution in [3.63, 3.8) is 0 Å². The summed E-state index contributed by atoms with van der Waals surface area (Å²) in [7, 11) is 0.